The highest BCUT2D eigenvalue weighted by Crippen LogP contribution is 2.18. The number of halogens is 1. The molecule has 1 fully saturated rings. The van der Waals surface area contributed by atoms with Crippen LogP contribution in [0.3, 0.4) is 0 Å². The van der Waals surface area contributed by atoms with Gasteiger partial charge in [-0.2, -0.15) is 3.93 Å². The average Bonchev–Trinajstić information content (AvgIpc) is 1.95. The molecule has 1 rings (SSSR count). The highest BCUT2D eigenvalue weighted by molar-refractivity contribution is 9.08. The number of hydrogen-bond donors (Lipinski definition) is 1. The fraction of sp³-hybridized carbons (Fsp3) is 0.600. The smallest absolute Gasteiger partial charge is 0.323 e. The van der Waals surface area contributed by atoms with E-state index in [4.69, 9.17) is 0 Å². The topological polar surface area (TPSA) is 49.4 Å². The number of imide groups is 1. The molecule has 10 heavy (non-hydrogen) atoms. The zero-order chi connectivity index (χ0) is 7.94. The van der Waals surface area contributed by atoms with Gasteiger partial charge < -0.3 is 5.32 Å². The molecule has 0 aliphatic carbocycles. The van der Waals surface area contributed by atoms with Gasteiger partial charge in [0.25, 0.3) is 5.91 Å². The molecule has 0 radical (unpaired) electrons. The first-order valence-electron chi connectivity index (χ1n) is 2.77. The summed E-state index contributed by atoms with van der Waals surface area (Å²) in [6.45, 7) is 3.29. The van der Waals surface area contributed by atoms with E-state index in [-0.39, 0.29) is 5.91 Å². The minimum atomic E-state index is -0.763. The van der Waals surface area contributed by atoms with Crippen LogP contribution in [0.2, 0.25) is 0 Å². The average molecular weight is 207 g/mol. The first kappa shape index (κ1) is 7.53. The lowest BCUT2D eigenvalue weighted by atomic mass is 10.1. The van der Waals surface area contributed by atoms with Gasteiger partial charge in [0.2, 0.25) is 0 Å². The van der Waals surface area contributed by atoms with Crippen molar-refractivity contribution in [3.63, 3.8) is 0 Å². The number of nitrogens with one attached hydrogen (secondary N) is 1. The molecule has 0 aromatic rings. The SMILES string of the molecule is CC1(C)NC(=O)N(Br)C1=O. The third-order valence-electron chi connectivity index (χ3n) is 1.31. The molecular formula is C5H7BrN2O2. The Labute approximate surface area is 66.9 Å². The lowest BCUT2D eigenvalue weighted by Crippen LogP contribution is -2.39. The van der Waals surface area contributed by atoms with Gasteiger partial charge in [-0.05, 0) is 13.8 Å². The minimum Gasteiger partial charge on any atom is -0.323 e. The Bertz CT molecular complexity index is 202. The molecule has 1 N–H and O–H groups in total. The third-order valence-corrected chi connectivity index (χ3v) is 1.95. The monoisotopic (exact) mass is 206 g/mol. The Kier molecular flexibility index (Phi) is 1.47. The number of amides is 3. The molecule has 1 aliphatic rings. The summed E-state index contributed by atoms with van der Waals surface area (Å²) in [6.07, 6.45) is 0. The lowest BCUT2D eigenvalue weighted by molar-refractivity contribution is -0.126. The van der Waals surface area contributed by atoms with Crippen LogP contribution in [0, 0.1) is 0 Å². The molecule has 0 bridgehead atoms. The van der Waals surface area contributed by atoms with Crippen molar-refractivity contribution in [3.8, 4) is 0 Å². The summed E-state index contributed by atoms with van der Waals surface area (Å²) in [5.41, 5.74) is -0.763. The molecule has 0 unspecified atom stereocenters. The van der Waals surface area contributed by atoms with Gasteiger partial charge in [0, 0.05) is 0 Å². The quantitative estimate of drug-likeness (QED) is 0.467. The van der Waals surface area contributed by atoms with Gasteiger partial charge in [-0.15, -0.1) is 0 Å². The van der Waals surface area contributed by atoms with Gasteiger partial charge in [0.05, 0.1) is 16.1 Å². The number of rotatable bonds is 0. The molecular weight excluding hydrogens is 200 g/mol. The van der Waals surface area contributed by atoms with Gasteiger partial charge in [0.15, 0.2) is 0 Å². The van der Waals surface area contributed by atoms with Crippen LogP contribution < -0.4 is 5.32 Å². The Morgan fingerprint density at radius 2 is 2.00 bits per heavy atom. The van der Waals surface area contributed by atoms with E-state index in [0.717, 1.165) is 3.93 Å². The predicted octanol–water partition coefficient (Wildman–Crippen LogP) is 0.627. The number of hydrogen-bond acceptors (Lipinski definition) is 2. The first-order chi connectivity index (χ1) is 4.45. The van der Waals surface area contributed by atoms with Crippen LogP contribution in [0.15, 0.2) is 0 Å². The molecule has 0 atom stereocenters. The van der Waals surface area contributed by atoms with Crippen LogP contribution >= 0.6 is 16.1 Å². The second-order valence-corrected chi connectivity index (χ2v) is 3.35. The van der Waals surface area contributed by atoms with Crippen molar-refractivity contribution in [2.75, 3.05) is 0 Å². The summed E-state index contributed by atoms with van der Waals surface area (Å²) < 4.78 is 0.896. The van der Waals surface area contributed by atoms with Crippen LogP contribution in [0.25, 0.3) is 0 Å². The van der Waals surface area contributed by atoms with Crippen molar-refractivity contribution in [1.29, 1.82) is 0 Å². The van der Waals surface area contributed by atoms with Gasteiger partial charge >= 0.3 is 6.03 Å². The van der Waals surface area contributed by atoms with Crippen LogP contribution in [0.1, 0.15) is 13.8 Å². The molecule has 1 aliphatic heterocycles. The summed E-state index contributed by atoms with van der Waals surface area (Å²) in [5.74, 6) is -0.266. The fourth-order valence-corrected chi connectivity index (χ4v) is 1.24. The summed E-state index contributed by atoms with van der Waals surface area (Å²) in [6, 6.07) is -0.407. The van der Waals surface area contributed by atoms with Crippen LogP contribution in [-0.4, -0.2) is 21.4 Å². The van der Waals surface area contributed by atoms with E-state index >= 15 is 0 Å². The van der Waals surface area contributed by atoms with E-state index in [2.05, 4.69) is 21.5 Å². The highest BCUT2D eigenvalue weighted by atomic mass is 79.9. The van der Waals surface area contributed by atoms with Crippen molar-refractivity contribution < 1.29 is 9.59 Å². The van der Waals surface area contributed by atoms with Crippen molar-refractivity contribution >= 4 is 28.1 Å². The number of carbonyl (C=O) groups is 2. The highest BCUT2D eigenvalue weighted by Gasteiger charge is 2.43. The second-order valence-electron chi connectivity index (χ2n) is 2.64. The Balaban J connectivity index is 2.92. The zero-order valence-electron chi connectivity index (χ0n) is 5.64. The zero-order valence-corrected chi connectivity index (χ0v) is 7.23. The Hall–Kier alpha value is -0.580. The normalized spacial score (nSPS) is 23.3. The van der Waals surface area contributed by atoms with Gasteiger partial charge in [-0.1, -0.05) is 0 Å². The van der Waals surface area contributed by atoms with Crippen molar-refractivity contribution in [2.24, 2.45) is 0 Å². The largest absolute Gasteiger partial charge is 0.335 e. The number of carbonyl (C=O) groups excluding carboxylic acids is 2. The lowest BCUT2D eigenvalue weighted by Gasteiger charge is -2.11. The maximum atomic E-state index is 11.0. The van der Waals surface area contributed by atoms with Crippen LogP contribution in [0.4, 0.5) is 4.79 Å². The van der Waals surface area contributed by atoms with Crippen molar-refractivity contribution in [1.82, 2.24) is 9.24 Å². The van der Waals surface area contributed by atoms with Crippen LogP contribution in [0.5, 0.6) is 0 Å². The first-order valence-corrected chi connectivity index (χ1v) is 3.48. The molecule has 5 heteroatoms. The van der Waals surface area contributed by atoms with E-state index in [0.29, 0.717) is 0 Å². The standard InChI is InChI=1S/C5H7BrN2O2/c1-5(2)3(9)8(6)4(10)7-5/h1-2H3,(H,7,10). The van der Waals surface area contributed by atoms with Crippen molar-refractivity contribution in [2.45, 2.75) is 19.4 Å². The maximum Gasteiger partial charge on any atom is 0.335 e. The van der Waals surface area contributed by atoms with E-state index in [9.17, 15) is 9.59 Å². The van der Waals surface area contributed by atoms with Crippen molar-refractivity contribution in [3.05, 3.63) is 0 Å². The molecule has 1 heterocycles. The molecule has 0 aromatic carbocycles. The Morgan fingerprint density at radius 1 is 1.50 bits per heavy atom. The molecule has 1 saturated heterocycles. The molecule has 4 nitrogen and oxygen atoms in total. The molecule has 0 spiro atoms. The van der Waals surface area contributed by atoms with E-state index < -0.39 is 11.6 Å². The predicted molar refractivity (Wildman–Crippen MR) is 38.4 cm³/mol. The Morgan fingerprint density at radius 3 is 2.10 bits per heavy atom. The van der Waals surface area contributed by atoms with Gasteiger partial charge in [-0.25, -0.2) is 4.79 Å². The van der Waals surface area contributed by atoms with E-state index in [1.807, 2.05) is 0 Å². The summed E-state index contributed by atoms with van der Waals surface area (Å²) in [4.78, 5) is 21.8. The molecule has 0 aromatic heterocycles. The maximum absolute atomic E-state index is 11.0. The number of urea groups is 1. The summed E-state index contributed by atoms with van der Waals surface area (Å²) in [7, 11) is 0. The second kappa shape index (κ2) is 1.95. The van der Waals surface area contributed by atoms with Gasteiger partial charge in [0.1, 0.15) is 5.54 Å². The molecule has 0 saturated carbocycles. The van der Waals surface area contributed by atoms with Crippen LogP contribution in [-0.2, 0) is 4.79 Å². The number of nitrogens with zero attached hydrogens (tertiary/aromatic N) is 1. The summed E-state index contributed by atoms with van der Waals surface area (Å²) >= 11 is 2.82. The van der Waals surface area contributed by atoms with E-state index in [1.54, 1.807) is 13.8 Å². The van der Waals surface area contributed by atoms with E-state index in [1.165, 1.54) is 0 Å². The molecule has 56 valence electrons. The summed E-state index contributed by atoms with van der Waals surface area (Å²) in [5, 5.41) is 2.48. The fourth-order valence-electron chi connectivity index (χ4n) is 0.708. The third kappa shape index (κ3) is 0.901. The van der Waals surface area contributed by atoms with Gasteiger partial charge in [-0.3, -0.25) is 4.79 Å². The minimum absolute atomic E-state index is 0.266. The molecule has 3 amide bonds.